The fourth-order valence-electron chi connectivity index (χ4n) is 3.87. The second-order valence-electron chi connectivity index (χ2n) is 8.31. The van der Waals surface area contributed by atoms with Crippen molar-refractivity contribution < 1.29 is 19.1 Å². The van der Waals surface area contributed by atoms with E-state index >= 15 is 0 Å². The van der Waals surface area contributed by atoms with Crippen LogP contribution >= 0.6 is 31.9 Å². The SMILES string of the molecule is CCc1ccccc1NC(=O)CN1C(=O)N/C(=C/c2cc(Br)c(OCc3ccccc3C#N)c(Br)c2)C1=O. The standard InChI is InChI=1S/C28H22Br2N4O4/c1-2-18-7-5-6-10-23(18)32-25(35)15-34-27(36)24(33-28(34)37)13-17-11-21(29)26(22(30)12-17)38-16-20-9-4-3-8-19(20)14-31/h3-13H,2,15-16H2,1H3,(H,32,35)(H,33,37)/b24-13+. The number of halogens is 2. The Hall–Kier alpha value is -3.94. The summed E-state index contributed by atoms with van der Waals surface area (Å²) in [5.41, 5.74) is 3.55. The van der Waals surface area contributed by atoms with Crippen molar-refractivity contribution in [1.29, 1.82) is 5.26 Å². The number of hydrogen-bond acceptors (Lipinski definition) is 5. The Morgan fingerprint density at radius 3 is 2.42 bits per heavy atom. The fourth-order valence-corrected chi connectivity index (χ4v) is 5.32. The number of para-hydroxylation sites is 1. The molecule has 1 aliphatic rings. The Morgan fingerprint density at radius 1 is 1.08 bits per heavy atom. The maximum absolute atomic E-state index is 12.9. The van der Waals surface area contributed by atoms with Crippen LogP contribution in [-0.2, 0) is 22.6 Å². The summed E-state index contributed by atoms with van der Waals surface area (Å²) in [4.78, 5) is 38.8. The molecule has 0 saturated carbocycles. The molecule has 0 atom stereocenters. The van der Waals surface area contributed by atoms with E-state index in [1.54, 1.807) is 36.4 Å². The largest absolute Gasteiger partial charge is 0.486 e. The summed E-state index contributed by atoms with van der Waals surface area (Å²) in [5.74, 6) is -0.553. The Bertz CT molecular complexity index is 1470. The van der Waals surface area contributed by atoms with Crippen LogP contribution in [0.3, 0.4) is 0 Å². The maximum Gasteiger partial charge on any atom is 0.329 e. The van der Waals surface area contributed by atoms with Crippen molar-refractivity contribution in [2.75, 3.05) is 11.9 Å². The molecule has 1 heterocycles. The van der Waals surface area contributed by atoms with Crippen LogP contribution in [0, 0.1) is 11.3 Å². The highest BCUT2D eigenvalue weighted by atomic mass is 79.9. The molecule has 0 unspecified atom stereocenters. The number of benzene rings is 3. The van der Waals surface area contributed by atoms with Crippen molar-refractivity contribution in [2.24, 2.45) is 0 Å². The molecule has 4 amide bonds. The minimum atomic E-state index is -0.672. The lowest BCUT2D eigenvalue weighted by molar-refractivity contribution is -0.127. The van der Waals surface area contributed by atoms with Gasteiger partial charge in [0.15, 0.2) is 0 Å². The van der Waals surface area contributed by atoms with Gasteiger partial charge in [0.2, 0.25) is 5.91 Å². The van der Waals surface area contributed by atoms with Crippen LogP contribution in [0.4, 0.5) is 10.5 Å². The number of carbonyl (C=O) groups excluding carboxylic acids is 3. The number of hydrogen-bond donors (Lipinski definition) is 2. The lowest BCUT2D eigenvalue weighted by atomic mass is 10.1. The number of aryl methyl sites for hydroxylation is 1. The molecule has 0 aromatic heterocycles. The van der Waals surface area contributed by atoms with E-state index in [1.165, 1.54) is 6.08 Å². The van der Waals surface area contributed by atoms with Gasteiger partial charge in [-0.1, -0.05) is 43.3 Å². The highest BCUT2D eigenvalue weighted by Crippen LogP contribution is 2.36. The molecule has 0 radical (unpaired) electrons. The van der Waals surface area contributed by atoms with Crippen molar-refractivity contribution in [3.05, 3.63) is 97.6 Å². The van der Waals surface area contributed by atoms with E-state index in [9.17, 15) is 19.6 Å². The van der Waals surface area contributed by atoms with Gasteiger partial charge in [-0.25, -0.2) is 9.69 Å². The summed E-state index contributed by atoms with van der Waals surface area (Å²) in [6, 6.07) is 19.5. The molecule has 0 aliphatic carbocycles. The van der Waals surface area contributed by atoms with Gasteiger partial charge in [0.25, 0.3) is 5.91 Å². The molecule has 0 spiro atoms. The average molecular weight is 638 g/mol. The molecule has 0 bridgehead atoms. The van der Waals surface area contributed by atoms with Crippen LogP contribution in [0.5, 0.6) is 5.75 Å². The molecule has 38 heavy (non-hydrogen) atoms. The van der Waals surface area contributed by atoms with E-state index < -0.39 is 24.4 Å². The van der Waals surface area contributed by atoms with Gasteiger partial charge in [0.05, 0.1) is 20.6 Å². The predicted octanol–water partition coefficient (Wildman–Crippen LogP) is 5.76. The molecule has 1 fully saturated rings. The number of rotatable bonds is 8. The monoisotopic (exact) mass is 636 g/mol. The van der Waals surface area contributed by atoms with Crippen LogP contribution in [0.25, 0.3) is 6.08 Å². The molecular formula is C28H22Br2N4O4. The van der Waals surface area contributed by atoms with E-state index in [2.05, 4.69) is 48.6 Å². The number of amides is 4. The zero-order valence-corrected chi connectivity index (χ0v) is 23.4. The summed E-state index contributed by atoms with van der Waals surface area (Å²) in [6.07, 6.45) is 2.25. The highest BCUT2D eigenvalue weighted by Gasteiger charge is 2.35. The Morgan fingerprint density at radius 2 is 1.74 bits per heavy atom. The first-order chi connectivity index (χ1) is 18.3. The van der Waals surface area contributed by atoms with Gasteiger partial charge >= 0.3 is 6.03 Å². The zero-order chi connectivity index (χ0) is 27.2. The van der Waals surface area contributed by atoms with E-state index in [0.29, 0.717) is 31.5 Å². The Kier molecular flexibility index (Phi) is 8.61. The minimum Gasteiger partial charge on any atom is -0.486 e. The molecule has 4 rings (SSSR count). The summed E-state index contributed by atoms with van der Waals surface area (Å²) in [5, 5.41) is 14.6. The molecule has 192 valence electrons. The van der Waals surface area contributed by atoms with Gasteiger partial charge in [-0.05, 0) is 79.7 Å². The number of ether oxygens (including phenoxy) is 1. The van der Waals surface area contributed by atoms with E-state index in [4.69, 9.17) is 4.74 Å². The van der Waals surface area contributed by atoms with E-state index in [0.717, 1.165) is 22.4 Å². The van der Waals surface area contributed by atoms with Gasteiger partial charge in [-0.15, -0.1) is 0 Å². The highest BCUT2D eigenvalue weighted by molar-refractivity contribution is 9.11. The lowest BCUT2D eigenvalue weighted by Crippen LogP contribution is -2.38. The predicted molar refractivity (Wildman–Crippen MR) is 150 cm³/mol. The third kappa shape index (κ3) is 6.13. The second-order valence-corrected chi connectivity index (χ2v) is 10.0. The first-order valence-corrected chi connectivity index (χ1v) is 13.2. The van der Waals surface area contributed by atoms with E-state index in [-0.39, 0.29) is 12.3 Å². The van der Waals surface area contributed by atoms with Crippen LogP contribution in [0.15, 0.2) is 75.3 Å². The molecule has 8 nitrogen and oxygen atoms in total. The van der Waals surface area contributed by atoms with Gasteiger partial charge in [0, 0.05) is 11.3 Å². The molecule has 3 aromatic rings. The molecule has 1 aliphatic heterocycles. The van der Waals surface area contributed by atoms with Crippen LogP contribution in [0.2, 0.25) is 0 Å². The maximum atomic E-state index is 12.9. The number of nitrogens with zero attached hydrogens (tertiary/aromatic N) is 2. The second kappa shape index (κ2) is 12.1. The van der Waals surface area contributed by atoms with Crippen molar-refractivity contribution in [3.8, 4) is 11.8 Å². The number of imide groups is 1. The topological polar surface area (TPSA) is 112 Å². The molecular weight excluding hydrogens is 616 g/mol. The zero-order valence-electron chi connectivity index (χ0n) is 20.3. The molecule has 2 N–H and O–H groups in total. The average Bonchev–Trinajstić information content (AvgIpc) is 3.15. The number of urea groups is 1. The van der Waals surface area contributed by atoms with E-state index in [1.807, 2.05) is 31.2 Å². The summed E-state index contributed by atoms with van der Waals surface area (Å²) in [6.45, 7) is 1.75. The quantitative estimate of drug-likeness (QED) is 0.241. The Balaban J connectivity index is 1.45. The van der Waals surface area contributed by atoms with Crippen molar-refractivity contribution >= 4 is 61.5 Å². The van der Waals surface area contributed by atoms with Crippen LogP contribution in [-0.4, -0.2) is 29.3 Å². The number of anilines is 1. The number of nitrogens with one attached hydrogen (secondary N) is 2. The van der Waals surface area contributed by atoms with Crippen LogP contribution < -0.4 is 15.4 Å². The van der Waals surface area contributed by atoms with Gasteiger partial charge in [0.1, 0.15) is 24.6 Å². The minimum absolute atomic E-state index is 0.0483. The summed E-state index contributed by atoms with van der Waals surface area (Å²) in [7, 11) is 0. The van der Waals surface area contributed by atoms with Crippen molar-refractivity contribution in [1.82, 2.24) is 10.2 Å². The third-order valence-corrected chi connectivity index (χ3v) is 6.96. The van der Waals surface area contributed by atoms with Crippen LogP contribution in [0.1, 0.15) is 29.2 Å². The van der Waals surface area contributed by atoms with Crippen molar-refractivity contribution in [3.63, 3.8) is 0 Å². The van der Waals surface area contributed by atoms with Gasteiger partial charge in [-0.2, -0.15) is 5.26 Å². The lowest BCUT2D eigenvalue weighted by Gasteiger charge is -2.14. The van der Waals surface area contributed by atoms with Crippen molar-refractivity contribution in [2.45, 2.75) is 20.0 Å². The number of carbonyl (C=O) groups is 3. The fraction of sp³-hybridized carbons (Fsp3) is 0.143. The summed E-state index contributed by atoms with van der Waals surface area (Å²) < 4.78 is 7.14. The smallest absolute Gasteiger partial charge is 0.329 e. The first-order valence-electron chi connectivity index (χ1n) is 11.6. The number of nitriles is 1. The first kappa shape index (κ1) is 27.1. The molecule has 3 aromatic carbocycles. The summed E-state index contributed by atoms with van der Waals surface area (Å²) >= 11 is 6.97. The molecule has 10 heteroatoms. The third-order valence-electron chi connectivity index (χ3n) is 5.78. The normalized spacial score (nSPS) is 13.8. The van der Waals surface area contributed by atoms with Gasteiger partial charge in [-0.3, -0.25) is 9.59 Å². The molecule has 1 saturated heterocycles. The van der Waals surface area contributed by atoms with Gasteiger partial charge < -0.3 is 15.4 Å². The Labute approximate surface area is 236 Å².